The van der Waals surface area contributed by atoms with Crippen LogP contribution < -0.4 is 0 Å². The zero-order chi connectivity index (χ0) is 14.3. The van der Waals surface area contributed by atoms with Crippen LogP contribution in [0.25, 0.3) is 22.4 Å². The number of hydrogen-bond acceptors (Lipinski definition) is 3. The molecule has 2 aromatic carbocycles. The minimum Gasteiger partial charge on any atom is -0.338 e. The number of H-pyrrole nitrogens is 1. The van der Waals surface area contributed by atoms with Crippen LogP contribution in [-0.2, 0) is 9.84 Å². The van der Waals surface area contributed by atoms with Gasteiger partial charge in [-0.3, -0.25) is 0 Å². The van der Waals surface area contributed by atoms with Crippen LogP contribution >= 0.6 is 11.6 Å². The van der Waals surface area contributed by atoms with E-state index in [2.05, 4.69) is 9.97 Å². The molecular formula is C14H11ClN2O2S. The number of hydrogen-bond donors (Lipinski definition) is 1. The molecule has 0 saturated heterocycles. The van der Waals surface area contributed by atoms with Crippen LogP contribution in [0.15, 0.2) is 47.4 Å². The number of para-hydroxylation sites is 1. The molecule has 0 bridgehead atoms. The smallest absolute Gasteiger partial charge is 0.175 e. The largest absolute Gasteiger partial charge is 0.338 e. The highest BCUT2D eigenvalue weighted by Gasteiger charge is 2.10. The second kappa shape index (κ2) is 4.61. The van der Waals surface area contributed by atoms with Crippen molar-refractivity contribution in [2.24, 2.45) is 0 Å². The van der Waals surface area contributed by atoms with Crippen molar-refractivity contribution in [3.8, 4) is 11.4 Å². The van der Waals surface area contributed by atoms with Gasteiger partial charge in [0.05, 0.1) is 15.4 Å². The number of aromatic amines is 1. The molecule has 0 spiro atoms. The van der Waals surface area contributed by atoms with Crippen LogP contribution in [-0.4, -0.2) is 24.6 Å². The second-order valence-corrected chi connectivity index (χ2v) is 6.94. The molecule has 0 fully saturated rings. The summed E-state index contributed by atoms with van der Waals surface area (Å²) in [6.45, 7) is 0. The van der Waals surface area contributed by atoms with Gasteiger partial charge in [0.2, 0.25) is 0 Å². The third kappa shape index (κ3) is 2.30. The van der Waals surface area contributed by atoms with Gasteiger partial charge >= 0.3 is 0 Å². The van der Waals surface area contributed by atoms with E-state index in [1.807, 2.05) is 12.1 Å². The van der Waals surface area contributed by atoms with E-state index in [0.717, 1.165) is 11.1 Å². The summed E-state index contributed by atoms with van der Waals surface area (Å²) in [7, 11) is -3.18. The fourth-order valence-corrected chi connectivity index (χ4v) is 2.84. The van der Waals surface area contributed by atoms with Gasteiger partial charge in [0.25, 0.3) is 0 Å². The fourth-order valence-electron chi connectivity index (χ4n) is 1.99. The molecule has 0 atom stereocenters. The van der Waals surface area contributed by atoms with E-state index >= 15 is 0 Å². The third-order valence-electron chi connectivity index (χ3n) is 3.02. The maximum atomic E-state index is 11.4. The van der Waals surface area contributed by atoms with Crippen molar-refractivity contribution in [2.75, 3.05) is 6.26 Å². The van der Waals surface area contributed by atoms with Gasteiger partial charge in [-0.25, -0.2) is 13.4 Å². The summed E-state index contributed by atoms with van der Waals surface area (Å²) in [4.78, 5) is 7.89. The summed E-state index contributed by atoms with van der Waals surface area (Å²) in [5, 5.41) is 0.581. The second-order valence-electron chi connectivity index (χ2n) is 4.52. The van der Waals surface area contributed by atoms with Crippen LogP contribution in [0.3, 0.4) is 0 Å². The molecule has 4 nitrogen and oxygen atoms in total. The Morgan fingerprint density at radius 1 is 1.10 bits per heavy atom. The molecule has 0 saturated carbocycles. The molecule has 0 radical (unpaired) electrons. The first kappa shape index (κ1) is 13.1. The lowest BCUT2D eigenvalue weighted by Gasteiger charge is -1.99. The first-order valence-electron chi connectivity index (χ1n) is 5.90. The number of fused-ring (bicyclic) bond motifs is 1. The van der Waals surface area contributed by atoms with E-state index in [1.165, 1.54) is 6.26 Å². The van der Waals surface area contributed by atoms with Gasteiger partial charge in [0.1, 0.15) is 11.3 Å². The average molecular weight is 307 g/mol. The quantitative estimate of drug-likeness (QED) is 0.790. The highest BCUT2D eigenvalue weighted by Crippen LogP contribution is 2.26. The Balaban J connectivity index is 2.09. The lowest BCUT2D eigenvalue weighted by atomic mass is 10.2. The van der Waals surface area contributed by atoms with Gasteiger partial charge < -0.3 is 4.98 Å². The summed E-state index contributed by atoms with van der Waals surface area (Å²) in [5.41, 5.74) is 2.36. The van der Waals surface area contributed by atoms with Crippen molar-refractivity contribution in [1.82, 2.24) is 9.97 Å². The lowest BCUT2D eigenvalue weighted by Crippen LogP contribution is -1.96. The number of halogens is 1. The Hall–Kier alpha value is -1.85. The van der Waals surface area contributed by atoms with Gasteiger partial charge in [-0.15, -0.1) is 0 Å². The molecule has 0 aliphatic heterocycles. The summed E-state index contributed by atoms with van der Waals surface area (Å²) in [6.07, 6.45) is 1.18. The van der Waals surface area contributed by atoms with E-state index in [1.54, 1.807) is 30.3 Å². The Kier molecular flexibility index (Phi) is 3.03. The Bertz CT molecular complexity index is 883. The van der Waals surface area contributed by atoms with Gasteiger partial charge in [0.15, 0.2) is 9.84 Å². The number of rotatable bonds is 2. The third-order valence-corrected chi connectivity index (χ3v) is 4.45. The number of nitrogens with zero attached hydrogens (tertiary/aromatic N) is 1. The first-order chi connectivity index (χ1) is 9.45. The monoisotopic (exact) mass is 306 g/mol. The van der Waals surface area contributed by atoms with Gasteiger partial charge in [-0.2, -0.15) is 0 Å². The molecule has 0 amide bonds. The van der Waals surface area contributed by atoms with Crippen LogP contribution in [0, 0.1) is 0 Å². The summed E-state index contributed by atoms with van der Waals surface area (Å²) >= 11 is 6.08. The molecule has 1 aromatic heterocycles. The van der Waals surface area contributed by atoms with Crippen molar-refractivity contribution in [1.29, 1.82) is 0 Å². The molecule has 102 valence electrons. The number of aromatic nitrogens is 2. The van der Waals surface area contributed by atoms with E-state index in [0.29, 0.717) is 16.4 Å². The van der Waals surface area contributed by atoms with E-state index < -0.39 is 9.84 Å². The molecule has 1 heterocycles. The van der Waals surface area contributed by atoms with Gasteiger partial charge in [0, 0.05) is 11.8 Å². The van der Waals surface area contributed by atoms with Crippen LogP contribution in [0.2, 0.25) is 5.02 Å². The summed E-state index contributed by atoms with van der Waals surface area (Å²) in [5.74, 6) is 0.660. The summed E-state index contributed by atoms with van der Waals surface area (Å²) in [6, 6.07) is 12.1. The van der Waals surface area contributed by atoms with Crippen molar-refractivity contribution in [2.45, 2.75) is 4.90 Å². The van der Waals surface area contributed by atoms with Crippen molar-refractivity contribution in [3.63, 3.8) is 0 Å². The Labute approximate surface area is 121 Å². The van der Waals surface area contributed by atoms with Crippen LogP contribution in [0.1, 0.15) is 0 Å². The minimum absolute atomic E-state index is 0.287. The van der Waals surface area contributed by atoms with E-state index in [4.69, 9.17) is 11.6 Å². The minimum atomic E-state index is -3.18. The predicted octanol–water partition coefficient (Wildman–Crippen LogP) is 3.29. The highest BCUT2D eigenvalue weighted by molar-refractivity contribution is 7.90. The molecule has 0 aliphatic carbocycles. The van der Waals surface area contributed by atoms with Crippen LogP contribution in [0.4, 0.5) is 0 Å². The average Bonchev–Trinajstić information content (AvgIpc) is 2.83. The zero-order valence-electron chi connectivity index (χ0n) is 10.6. The number of benzene rings is 2. The molecule has 3 aromatic rings. The fraction of sp³-hybridized carbons (Fsp3) is 0.0714. The molecule has 3 rings (SSSR count). The molecule has 0 aliphatic rings. The Morgan fingerprint density at radius 3 is 2.40 bits per heavy atom. The van der Waals surface area contributed by atoms with Gasteiger partial charge in [-0.1, -0.05) is 17.7 Å². The van der Waals surface area contributed by atoms with Gasteiger partial charge in [-0.05, 0) is 36.4 Å². The molecule has 20 heavy (non-hydrogen) atoms. The normalized spacial score (nSPS) is 11.9. The standard InChI is InChI=1S/C14H11ClN2O2S/c1-20(18,19)10-7-5-9(6-8-10)14-16-12-4-2-3-11(15)13(12)17-14/h2-8H,1H3,(H,16,17). The lowest BCUT2D eigenvalue weighted by molar-refractivity contribution is 0.602. The summed E-state index contributed by atoms with van der Waals surface area (Å²) < 4.78 is 22.9. The predicted molar refractivity (Wildman–Crippen MR) is 79.6 cm³/mol. The number of sulfone groups is 1. The van der Waals surface area contributed by atoms with Crippen LogP contribution in [0.5, 0.6) is 0 Å². The number of nitrogens with one attached hydrogen (secondary N) is 1. The maximum absolute atomic E-state index is 11.4. The van der Waals surface area contributed by atoms with E-state index in [-0.39, 0.29) is 4.90 Å². The van der Waals surface area contributed by atoms with Crippen molar-refractivity contribution >= 4 is 32.5 Å². The molecule has 1 N–H and O–H groups in total. The topological polar surface area (TPSA) is 62.8 Å². The zero-order valence-corrected chi connectivity index (χ0v) is 12.2. The Morgan fingerprint density at radius 2 is 1.80 bits per heavy atom. The first-order valence-corrected chi connectivity index (χ1v) is 8.17. The number of imidazole rings is 1. The molecule has 0 unspecified atom stereocenters. The SMILES string of the molecule is CS(=O)(=O)c1ccc(-c2nc3c(Cl)cccc3[nH]2)cc1. The van der Waals surface area contributed by atoms with E-state index in [9.17, 15) is 8.42 Å². The molecule has 6 heteroatoms. The maximum Gasteiger partial charge on any atom is 0.175 e. The molecular weight excluding hydrogens is 296 g/mol. The van der Waals surface area contributed by atoms with Crippen molar-refractivity contribution in [3.05, 3.63) is 47.5 Å². The highest BCUT2D eigenvalue weighted by atomic mass is 35.5. The van der Waals surface area contributed by atoms with Crippen molar-refractivity contribution < 1.29 is 8.42 Å².